The summed E-state index contributed by atoms with van der Waals surface area (Å²) in [6.45, 7) is 2.59. The summed E-state index contributed by atoms with van der Waals surface area (Å²) >= 11 is 6.10. The van der Waals surface area contributed by atoms with Crippen molar-refractivity contribution in [2.75, 3.05) is 18.4 Å². The average Bonchev–Trinajstić information content (AvgIpc) is 2.91. The summed E-state index contributed by atoms with van der Waals surface area (Å²) < 4.78 is 26.8. The number of nitrogens with zero attached hydrogens (tertiary/aromatic N) is 1. The van der Waals surface area contributed by atoms with Gasteiger partial charge >= 0.3 is 0 Å². The summed E-state index contributed by atoms with van der Waals surface area (Å²) in [5.74, 6) is -0.0522. The molecule has 0 radical (unpaired) electrons. The smallest absolute Gasteiger partial charge is 0.244 e. The van der Waals surface area contributed by atoms with E-state index < -0.39 is 10.0 Å². The van der Waals surface area contributed by atoms with Gasteiger partial charge in [-0.2, -0.15) is 4.31 Å². The van der Waals surface area contributed by atoms with Crippen LogP contribution in [0.2, 0.25) is 5.02 Å². The zero-order chi connectivity index (χ0) is 15.4. The standard InChI is InChI=1S/C13H16ClN3O3S/c1-7-5-17(6-10(7)15)21(19,20)12-2-8-3-13(18)16-11(8)4-9(12)14/h2,4,7,10H,3,5-6,15H2,1H3,(H,16,18). The highest BCUT2D eigenvalue weighted by molar-refractivity contribution is 7.89. The molecule has 2 unspecified atom stereocenters. The van der Waals surface area contributed by atoms with E-state index in [4.69, 9.17) is 17.3 Å². The van der Waals surface area contributed by atoms with Crippen molar-refractivity contribution in [3.05, 3.63) is 22.7 Å². The SMILES string of the molecule is CC1CN(S(=O)(=O)c2cc3c(cc2Cl)NC(=O)C3)CC1N. The Hall–Kier alpha value is -1.15. The van der Waals surface area contributed by atoms with Crippen molar-refractivity contribution in [2.45, 2.75) is 24.3 Å². The van der Waals surface area contributed by atoms with E-state index in [0.717, 1.165) is 0 Å². The van der Waals surface area contributed by atoms with Crippen LogP contribution in [0, 0.1) is 5.92 Å². The van der Waals surface area contributed by atoms with Gasteiger partial charge in [-0.1, -0.05) is 18.5 Å². The first-order valence-corrected chi connectivity index (χ1v) is 8.49. The molecule has 3 N–H and O–H groups in total. The number of anilines is 1. The molecular weight excluding hydrogens is 314 g/mol. The Morgan fingerprint density at radius 3 is 2.71 bits per heavy atom. The van der Waals surface area contributed by atoms with Crippen molar-refractivity contribution < 1.29 is 13.2 Å². The van der Waals surface area contributed by atoms with Crippen LogP contribution >= 0.6 is 11.6 Å². The van der Waals surface area contributed by atoms with E-state index in [2.05, 4.69) is 5.32 Å². The van der Waals surface area contributed by atoms with Crippen molar-refractivity contribution in [1.82, 2.24) is 4.31 Å². The second-order valence-electron chi connectivity index (χ2n) is 5.63. The van der Waals surface area contributed by atoms with Gasteiger partial charge in [0.25, 0.3) is 0 Å². The highest BCUT2D eigenvalue weighted by Gasteiger charge is 2.37. The highest BCUT2D eigenvalue weighted by atomic mass is 35.5. The van der Waals surface area contributed by atoms with E-state index in [0.29, 0.717) is 17.8 Å². The summed E-state index contributed by atoms with van der Waals surface area (Å²) in [5, 5.41) is 2.76. The molecule has 2 aliphatic heterocycles. The fourth-order valence-electron chi connectivity index (χ4n) is 2.70. The Balaban J connectivity index is 2.01. The lowest BCUT2D eigenvalue weighted by molar-refractivity contribution is -0.115. The molecule has 0 saturated carbocycles. The quantitative estimate of drug-likeness (QED) is 0.839. The first-order valence-electron chi connectivity index (χ1n) is 6.67. The number of carbonyl (C=O) groups excluding carboxylic acids is 1. The lowest BCUT2D eigenvalue weighted by Gasteiger charge is -2.17. The van der Waals surface area contributed by atoms with Gasteiger partial charge in [-0.25, -0.2) is 8.42 Å². The van der Waals surface area contributed by atoms with Crippen molar-refractivity contribution in [1.29, 1.82) is 0 Å². The van der Waals surface area contributed by atoms with E-state index >= 15 is 0 Å². The van der Waals surface area contributed by atoms with E-state index in [9.17, 15) is 13.2 Å². The molecule has 2 heterocycles. The number of fused-ring (bicyclic) bond motifs is 1. The Kier molecular flexibility index (Phi) is 3.48. The zero-order valence-electron chi connectivity index (χ0n) is 11.5. The van der Waals surface area contributed by atoms with Crippen LogP contribution in [0.4, 0.5) is 5.69 Å². The molecule has 0 aliphatic carbocycles. The maximum atomic E-state index is 12.7. The van der Waals surface area contributed by atoms with Gasteiger partial charge in [0, 0.05) is 24.8 Å². The van der Waals surface area contributed by atoms with Crippen molar-refractivity contribution in [2.24, 2.45) is 11.7 Å². The monoisotopic (exact) mass is 329 g/mol. The van der Waals surface area contributed by atoms with Gasteiger partial charge in [0.05, 0.1) is 11.4 Å². The molecule has 1 amide bonds. The Bertz CT molecular complexity index is 710. The number of rotatable bonds is 2. The number of hydrogen-bond donors (Lipinski definition) is 2. The second-order valence-corrected chi connectivity index (χ2v) is 7.94. The third-order valence-electron chi connectivity index (χ3n) is 4.04. The minimum atomic E-state index is -3.69. The second kappa shape index (κ2) is 4.95. The van der Waals surface area contributed by atoms with Crippen LogP contribution < -0.4 is 11.1 Å². The molecule has 114 valence electrons. The number of halogens is 1. The van der Waals surface area contributed by atoms with Gasteiger partial charge < -0.3 is 11.1 Å². The molecule has 1 aromatic carbocycles. The molecule has 0 aromatic heterocycles. The first kappa shape index (κ1) is 14.8. The van der Waals surface area contributed by atoms with E-state index in [1.54, 1.807) is 0 Å². The molecule has 0 bridgehead atoms. The summed E-state index contributed by atoms with van der Waals surface area (Å²) in [6.07, 6.45) is 0.172. The topological polar surface area (TPSA) is 92.5 Å². The number of sulfonamides is 1. The lowest BCUT2D eigenvalue weighted by atomic mass is 10.1. The van der Waals surface area contributed by atoms with E-state index in [1.165, 1.54) is 16.4 Å². The third-order valence-corrected chi connectivity index (χ3v) is 6.33. The van der Waals surface area contributed by atoms with Crippen molar-refractivity contribution >= 4 is 33.2 Å². The van der Waals surface area contributed by atoms with Gasteiger partial charge in [0.2, 0.25) is 15.9 Å². The maximum Gasteiger partial charge on any atom is 0.244 e. The van der Waals surface area contributed by atoms with Crippen LogP contribution in [0.3, 0.4) is 0 Å². The molecule has 3 rings (SSSR count). The van der Waals surface area contributed by atoms with Gasteiger partial charge in [0.15, 0.2) is 0 Å². The predicted octanol–water partition coefficient (Wildman–Crippen LogP) is 0.802. The average molecular weight is 330 g/mol. The minimum absolute atomic E-state index is 0.0423. The molecule has 2 aliphatic rings. The number of carbonyl (C=O) groups is 1. The lowest BCUT2D eigenvalue weighted by Crippen LogP contribution is -2.32. The zero-order valence-corrected chi connectivity index (χ0v) is 13.0. The van der Waals surface area contributed by atoms with Crippen LogP contribution in [0.15, 0.2) is 17.0 Å². The molecule has 6 nitrogen and oxygen atoms in total. The molecule has 2 atom stereocenters. The number of benzene rings is 1. The number of hydrogen-bond acceptors (Lipinski definition) is 4. The van der Waals surface area contributed by atoms with E-state index in [-0.39, 0.29) is 40.8 Å². The van der Waals surface area contributed by atoms with Crippen LogP contribution in [0.25, 0.3) is 0 Å². The molecule has 21 heavy (non-hydrogen) atoms. The third kappa shape index (κ3) is 2.44. The fraction of sp³-hybridized carbons (Fsp3) is 0.462. The highest BCUT2D eigenvalue weighted by Crippen LogP contribution is 2.34. The molecule has 8 heteroatoms. The van der Waals surface area contributed by atoms with Gasteiger partial charge in [-0.3, -0.25) is 4.79 Å². The summed E-state index contributed by atoms with van der Waals surface area (Å²) in [5.41, 5.74) is 7.13. The van der Waals surface area contributed by atoms with Gasteiger partial charge in [-0.15, -0.1) is 0 Å². The van der Waals surface area contributed by atoms with Crippen LogP contribution in [0.5, 0.6) is 0 Å². The number of nitrogens with two attached hydrogens (primary N) is 1. The molecule has 0 spiro atoms. The molecule has 1 aromatic rings. The van der Waals surface area contributed by atoms with Crippen molar-refractivity contribution in [3.63, 3.8) is 0 Å². The van der Waals surface area contributed by atoms with Crippen LogP contribution in [0.1, 0.15) is 12.5 Å². The summed E-state index contributed by atoms with van der Waals surface area (Å²) in [4.78, 5) is 11.4. The Labute approximate surface area is 128 Å². The summed E-state index contributed by atoms with van der Waals surface area (Å²) in [6, 6.07) is 2.81. The maximum absolute atomic E-state index is 12.7. The fourth-order valence-corrected chi connectivity index (χ4v) is 4.84. The molecule has 1 saturated heterocycles. The largest absolute Gasteiger partial charge is 0.326 e. The number of nitrogens with one attached hydrogen (secondary N) is 1. The first-order chi connectivity index (χ1) is 9.79. The van der Waals surface area contributed by atoms with Crippen LogP contribution in [-0.4, -0.2) is 37.8 Å². The Morgan fingerprint density at radius 1 is 1.38 bits per heavy atom. The molecule has 1 fully saturated rings. The molecular formula is C13H16ClN3O3S. The van der Waals surface area contributed by atoms with E-state index in [1.807, 2.05) is 6.92 Å². The van der Waals surface area contributed by atoms with Crippen molar-refractivity contribution in [3.8, 4) is 0 Å². The number of amides is 1. The van der Waals surface area contributed by atoms with Gasteiger partial charge in [0.1, 0.15) is 4.90 Å². The predicted molar refractivity (Wildman–Crippen MR) is 79.7 cm³/mol. The minimum Gasteiger partial charge on any atom is -0.326 e. The van der Waals surface area contributed by atoms with Gasteiger partial charge in [-0.05, 0) is 23.6 Å². The van der Waals surface area contributed by atoms with Crippen LogP contribution in [-0.2, 0) is 21.2 Å². The normalized spacial score (nSPS) is 26.0. The Morgan fingerprint density at radius 2 is 2.10 bits per heavy atom. The summed E-state index contributed by atoms with van der Waals surface area (Å²) in [7, 11) is -3.69.